The molecule has 2 fully saturated rings. The second-order valence-electron chi connectivity index (χ2n) is 9.67. The minimum atomic E-state index is -0.615. The van der Waals surface area contributed by atoms with E-state index in [0.717, 1.165) is 11.4 Å². The lowest BCUT2D eigenvalue weighted by molar-refractivity contribution is -0.134. The monoisotopic (exact) mass is 537 g/mol. The molecule has 0 saturated carbocycles. The van der Waals surface area contributed by atoms with Crippen LogP contribution in [0.1, 0.15) is 57.8 Å². The van der Waals surface area contributed by atoms with Crippen LogP contribution in [0, 0.1) is 6.92 Å². The van der Waals surface area contributed by atoms with Gasteiger partial charge in [-0.3, -0.25) is 19.4 Å². The van der Waals surface area contributed by atoms with Gasteiger partial charge in [0.25, 0.3) is 17.7 Å². The van der Waals surface area contributed by atoms with Crippen LogP contribution in [0.2, 0.25) is 0 Å². The number of amides is 4. The molecule has 2 aliphatic heterocycles. The molecule has 11 heteroatoms. The van der Waals surface area contributed by atoms with Crippen molar-refractivity contribution in [2.75, 3.05) is 52.5 Å². The third kappa shape index (κ3) is 6.65. The predicted octanol–water partition coefficient (Wildman–Crippen LogP) is 2.19. The van der Waals surface area contributed by atoms with Gasteiger partial charge in [0, 0.05) is 50.9 Å². The SMILES string of the molecule is CCOC(=O)N1CCN(C(=O)c2ccc(C)nc2C2CCN(C(=O)COc3ccccc3C(N)=O)CC2)CC1. The summed E-state index contributed by atoms with van der Waals surface area (Å²) in [5.41, 5.74) is 7.77. The smallest absolute Gasteiger partial charge is 0.409 e. The first-order valence-corrected chi connectivity index (χ1v) is 13.3. The molecule has 0 unspecified atom stereocenters. The molecule has 39 heavy (non-hydrogen) atoms. The van der Waals surface area contributed by atoms with Crippen LogP contribution in [0.5, 0.6) is 5.75 Å². The number of benzene rings is 1. The number of hydrogen-bond acceptors (Lipinski definition) is 7. The Morgan fingerprint density at radius 2 is 1.56 bits per heavy atom. The lowest BCUT2D eigenvalue weighted by atomic mass is 9.89. The Morgan fingerprint density at radius 3 is 2.23 bits per heavy atom. The Hall–Kier alpha value is -4.15. The number of nitrogens with two attached hydrogens (primary N) is 1. The lowest BCUT2D eigenvalue weighted by Gasteiger charge is -2.35. The number of para-hydroxylation sites is 1. The van der Waals surface area contributed by atoms with Crippen molar-refractivity contribution in [2.24, 2.45) is 5.73 Å². The molecule has 2 aliphatic rings. The molecule has 0 aliphatic carbocycles. The molecule has 0 radical (unpaired) electrons. The zero-order valence-electron chi connectivity index (χ0n) is 22.4. The highest BCUT2D eigenvalue weighted by atomic mass is 16.6. The summed E-state index contributed by atoms with van der Waals surface area (Å²) in [5, 5.41) is 0. The van der Waals surface area contributed by atoms with E-state index in [-0.39, 0.29) is 41.7 Å². The summed E-state index contributed by atoms with van der Waals surface area (Å²) in [6.07, 6.45) is 0.972. The third-order valence-corrected chi connectivity index (χ3v) is 7.13. The maximum absolute atomic E-state index is 13.5. The van der Waals surface area contributed by atoms with E-state index in [1.54, 1.807) is 45.9 Å². The minimum Gasteiger partial charge on any atom is -0.483 e. The summed E-state index contributed by atoms with van der Waals surface area (Å²) in [6.45, 7) is 6.50. The van der Waals surface area contributed by atoms with Gasteiger partial charge in [0.1, 0.15) is 5.75 Å². The maximum atomic E-state index is 13.5. The van der Waals surface area contributed by atoms with Gasteiger partial charge in [-0.2, -0.15) is 0 Å². The molecule has 3 heterocycles. The third-order valence-electron chi connectivity index (χ3n) is 7.13. The van der Waals surface area contributed by atoms with E-state index in [4.69, 9.17) is 20.2 Å². The standard InChI is InChI=1S/C28H35N5O6/c1-3-38-28(37)33-16-14-32(15-17-33)27(36)22-9-8-19(2)30-25(22)20-10-12-31(13-11-20)24(34)18-39-23-7-5-4-6-21(23)26(29)35/h4-9,20H,3,10-18H2,1-2H3,(H2,29,35). The summed E-state index contributed by atoms with van der Waals surface area (Å²) in [5.74, 6) is -0.578. The van der Waals surface area contributed by atoms with Gasteiger partial charge in [-0.1, -0.05) is 12.1 Å². The van der Waals surface area contributed by atoms with E-state index >= 15 is 0 Å². The molecule has 2 saturated heterocycles. The molecule has 4 rings (SSSR count). The average molecular weight is 538 g/mol. The quantitative estimate of drug-likeness (QED) is 0.572. The summed E-state index contributed by atoms with van der Waals surface area (Å²) in [4.78, 5) is 59.8. The molecular formula is C28H35N5O6. The van der Waals surface area contributed by atoms with Crippen molar-refractivity contribution in [3.8, 4) is 5.75 Å². The van der Waals surface area contributed by atoms with Crippen LogP contribution in [0.4, 0.5) is 4.79 Å². The number of rotatable bonds is 7. The Kier molecular flexibility index (Phi) is 9.00. The molecule has 2 N–H and O–H groups in total. The Bertz CT molecular complexity index is 1220. The van der Waals surface area contributed by atoms with Crippen molar-refractivity contribution >= 4 is 23.8 Å². The van der Waals surface area contributed by atoms with Gasteiger partial charge in [0.15, 0.2) is 6.61 Å². The van der Waals surface area contributed by atoms with Gasteiger partial charge in [-0.05, 0) is 51.0 Å². The predicted molar refractivity (Wildman–Crippen MR) is 142 cm³/mol. The Balaban J connectivity index is 1.36. The molecule has 1 aromatic carbocycles. The summed E-state index contributed by atoms with van der Waals surface area (Å²) < 4.78 is 10.7. The van der Waals surface area contributed by atoms with Crippen molar-refractivity contribution in [1.82, 2.24) is 19.7 Å². The van der Waals surface area contributed by atoms with Crippen LogP contribution in [0.3, 0.4) is 0 Å². The van der Waals surface area contributed by atoms with Gasteiger partial charge in [-0.25, -0.2) is 4.79 Å². The molecule has 2 aromatic rings. The normalized spacial score (nSPS) is 16.1. The van der Waals surface area contributed by atoms with Crippen molar-refractivity contribution in [3.05, 3.63) is 58.9 Å². The first-order valence-electron chi connectivity index (χ1n) is 13.3. The van der Waals surface area contributed by atoms with Crippen molar-refractivity contribution in [1.29, 1.82) is 0 Å². The zero-order valence-corrected chi connectivity index (χ0v) is 22.4. The number of aryl methyl sites for hydroxylation is 1. The zero-order chi connectivity index (χ0) is 27.9. The number of primary amides is 1. The molecule has 11 nitrogen and oxygen atoms in total. The highest BCUT2D eigenvalue weighted by Gasteiger charge is 2.31. The second-order valence-corrected chi connectivity index (χ2v) is 9.67. The Labute approximate surface area is 227 Å². The number of nitrogens with zero attached hydrogens (tertiary/aromatic N) is 4. The Morgan fingerprint density at radius 1 is 0.897 bits per heavy atom. The van der Waals surface area contributed by atoms with E-state index in [1.807, 2.05) is 19.1 Å². The van der Waals surface area contributed by atoms with E-state index < -0.39 is 5.91 Å². The molecule has 0 spiro atoms. The second kappa shape index (κ2) is 12.6. The van der Waals surface area contributed by atoms with Gasteiger partial charge >= 0.3 is 6.09 Å². The molecule has 4 amide bonds. The summed E-state index contributed by atoms with van der Waals surface area (Å²) >= 11 is 0. The highest BCUT2D eigenvalue weighted by molar-refractivity contribution is 5.96. The number of likely N-dealkylation sites (tertiary alicyclic amines) is 1. The fraction of sp³-hybridized carbons (Fsp3) is 0.464. The van der Waals surface area contributed by atoms with E-state index in [9.17, 15) is 19.2 Å². The maximum Gasteiger partial charge on any atom is 0.409 e. The highest BCUT2D eigenvalue weighted by Crippen LogP contribution is 2.30. The van der Waals surface area contributed by atoms with Crippen molar-refractivity contribution in [2.45, 2.75) is 32.6 Å². The first kappa shape index (κ1) is 27.9. The number of aromatic nitrogens is 1. The fourth-order valence-corrected chi connectivity index (χ4v) is 4.98. The topological polar surface area (TPSA) is 135 Å². The number of piperidine rings is 1. The molecule has 0 atom stereocenters. The molecule has 0 bridgehead atoms. The van der Waals surface area contributed by atoms with Crippen molar-refractivity contribution in [3.63, 3.8) is 0 Å². The summed E-state index contributed by atoms with van der Waals surface area (Å²) in [6, 6.07) is 10.2. The number of carbonyl (C=O) groups excluding carboxylic acids is 4. The number of piperazine rings is 1. The fourth-order valence-electron chi connectivity index (χ4n) is 4.98. The number of ether oxygens (including phenoxy) is 2. The number of hydrogen-bond donors (Lipinski definition) is 1. The van der Waals surface area contributed by atoms with Gasteiger partial charge in [0.05, 0.1) is 23.4 Å². The van der Waals surface area contributed by atoms with Crippen LogP contribution < -0.4 is 10.5 Å². The van der Waals surface area contributed by atoms with Crippen LogP contribution >= 0.6 is 0 Å². The van der Waals surface area contributed by atoms with Crippen LogP contribution in [-0.4, -0.2) is 96.0 Å². The van der Waals surface area contributed by atoms with Gasteiger partial charge in [-0.15, -0.1) is 0 Å². The molecular weight excluding hydrogens is 502 g/mol. The first-order chi connectivity index (χ1) is 18.8. The number of carbonyl (C=O) groups is 4. The molecule has 208 valence electrons. The van der Waals surface area contributed by atoms with Crippen LogP contribution in [0.15, 0.2) is 36.4 Å². The van der Waals surface area contributed by atoms with Crippen LogP contribution in [-0.2, 0) is 9.53 Å². The summed E-state index contributed by atoms with van der Waals surface area (Å²) in [7, 11) is 0. The van der Waals surface area contributed by atoms with E-state index in [0.29, 0.717) is 64.3 Å². The minimum absolute atomic E-state index is 0.0326. The average Bonchev–Trinajstić information content (AvgIpc) is 2.96. The van der Waals surface area contributed by atoms with Crippen molar-refractivity contribution < 1.29 is 28.7 Å². The van der Waals surface area contributed by atoms with E-state index in [1.165, 1.54) is 0 Å². The van der Waals surface area contributed by atoms with Crippen LogP contribution in [0.25, 0.3) is 0 Å². The lowest BCUT2D eigenvalue weighted by Crippen LogP contribution is -2.51. The number of pyridine rings is 1. The van der Waals surface area contributed by atoms with E-state index in [2.05, 4.69) is 0 Å². The van der Waals surface area contributed by atoms with Gasteiger partial charge in [0.2, 0.25) is 0 Å². The largest absolute Gasteiger partial charge is 0.483 e. The molecule has 1 aromatic heterocycles. The van der Waals surface area contributed by atoms with Gasteiger partial charge < -0.3 is 29.9 Å².